The number of hydrogen-bond donors (Lipinski definition) is 0. The quantitative estimate of drug-likeness (QED) is 0.692. The molecular weight excluding hydrogens is 376 g/mol. The Labute approximate surface area is 169 Å². The van der Waals surface area contributed by atoms with E-state index in [1.54, 1.807) is 56.3 Å². The van der Waals surface area contributed by atoms with Gasteiger partial charge in [-0.3, -0.25) is 9.59 Å². The Kier molecular flexibility index (Phi) is 5.91. The van der Waals surface area contributed by atoms with Gasteiger partial charge in [-0.05, 0) is 37.3 Å². The van der Waals surface area contributed by atoms with Gasteiger partial charge in [-0.25, -0.2) is 4.79 Å². The zero-order chi connectivity index (χ0) is 21.1. The van der Waals surface area contributed by atoms with Gasteiger partial charge in [-0.1, -0.05) is 0 Å². The van der Waals surface area contributed by atoms with E-state index >= 15 is 0 Å². The van der Waals surface area contributed by atoms with Crippen LogP contribution < -0.4 is 9.64 Å². The minimum atomic E-state index is -0.483. The van der Waals surface area contributed by atoms with Gasteiger partial charge in [0.05, 0.1) is 26.7 Å². The van der Waals surface area contributed by atoms with Crippen LogP contribution in [0.25, 0.3) is 0 Å². The van der Waals surface area contributed by atoms with E-state index in [1.807, 2.05) is 0 Å². The first kappa shape index (κ1) is 20.4. The Balaban J connectivity index is 1.65. The van der Waals surface area contributed by atoms with Crippen molar-refractivity contribution in [2.45, 2.75) is 19.9 Å². The van der Waals surface area contributed by atoms with Crippen LogP contribution in [0.1, 0.15) is 28.3 Å². The predicted octanol–water partition coefficient (Wildman–Crippen LogP) is 2.39. The summed E-state index contributed by atoms with van der Waals surface area (Å²) < 4.78 is 15.4. The third kappa shape index (κ3) is 4.26. The summed E-state index contributed by atoms with van der Waals surface area (Å²) in [6.07, 6.45) is 0.153. The molecular formula is C21H24N2O6. The van der Waals surface area contributed by atoms with Gasteiger partial charge in [0.15, 0.2) is 0 Å². The van der Waals surface area contributed by atoms with Crippen molar-refractivity contribution in [1.82, 2.24) is 4.90 Å². The topological polar surface area (TPSA) is 89.3 Å². The van der Waals surface area contributed by atoms with Crippen molar-refractivity contribution in [2.24, 2.45) is 5.92 Å². The molecule has 154 valence electrons. The van der Waals surface area contributed by atoms with E-state index in [9.17, 15) is 14.4 Å². The fourth-order valence-corrected chi connectivity index (χ4v) is 3.44. The van der Waals surface area contributed by atoms with Crippen LogP contribution >= 0.6 is 0 Å². The highest BCUT2D eigenvalue weighted by atomic mass is 16.5. The van der Waals surface area contributed by atoms with E-state index in [-0.39, 0.29) is 24.8 Å². The number of aryl methyl sites for hydroxylation is 1. The van der Waals surface area contributed by atoms with Gasteiger partial charge in [0.2, 0.25) is 11.8 Å². The van der Waals surface area contributed by atoms with E-state index in [0.29, 0.717) is 29.4 Å². The Hall–Kier alpha value is -3.29. The lowest BCUT2D eigenvalue weighted by Gasteiger charge is -2.21. The summed E-state index contributed by atoms with van der Waals surface area (Å²) in [5.41, 5.74) is 1.07. The van der Waals surface area contributed by atoms with Crippen LogP contribution in [0.15, 0.2) is 34.7 Å². The van der Waals surface area contributed by atoms with Crippen molar-refractivity contribution < 1.29 is 28.3 Å². The van der Waals surface area contributed by atoms with E-state index < -0.39 is 11.9 Å². The summed E-state index contributed by atoms with van der Waals surface area (Å²) in [5.74, 6) is 0.456. The van der Waals surface area contributed by atoms with Crippen LogP contribution in [0.5, 0.6) is 5.75 Å². The second kappa shape index (κ2) is 8.38. The van der Waals surface area contributed by atoms with Crippen LogP contribution in [-0.2, 0) is 20.9 Å². The second-order valence-electron chi connectivity index (χ2n) is 6.97. The lowest BCUT2D eigenvalue weighted by Crippen LogP contribution is -2.34. The number of rotatable bonds is 6. The molecule has 0 spiro atoms. The number of furan rings is 1. The number of benzene rings is 1. The Morgan fingerprint density at radius 3 is 2.55 bits per heavy atom. The molecule has 1 saturated heterocycles. The van der Waals surface area contributed by atoms with Gasteiger partial charge >= 0.3 is 5.97 Å². The Morgan fingerprint density at radius 2 is 1.93 bits per heavy atom. The highest BCUT2D eigenvalue weighted by Crippen LogP contribution is 2.28. The van der Waals surface area contributed by atoms with Gasteiger partial charge < -0.3 is 23.7 Å². The maximum Gasteiger partial charge on any atom is 0.341 e. The minimum absolute atomic E-state index is 0.0938. The third-order valence-corrected chi connectivity index (χ3v) is 5.00. The summed E-state index contributed by atoms with van der Waals surface area (Å²) in [6, 6.07) is 8.74. The number of nitrogens with zero attached hydrogens (tertiary/aromatic N) is 2. The van der Waals surface area contributed by atoms with Crippen molar-refractivity contribution in [2.75, 3.05) is 32.7 Å². The molecule has 2 amide bonds. The molecule has 0 bridgehead atoms. The number of hydrogen-bond acceptors (Lipinski definition) is 6. The van der Waals surface area contributed by atoms with Gasteiger partial charge in [0.1, 0.15) is 22.8 Å². The Morgan fingerprint density at radius 1 is 1.24 bits per heavy atom. The molecule has 1 atom stereocenters. The standard InChI is InChI=1S/C21H24N2O6/c1-13-18(21(26)28-4)10-17(29-13)12-22(2)20(25)14-9-19(24)23(11-14)15-5-7-16(27-3)8-6-15/h5-8,10,14H,9,11-12H2,1-4H3. The van der Waals surface area contributed by atoms with Crippen LogP contribution in [0.2, 0.25) is 0 Å². The predicted molar refractivity (Wildman–Crippen MR) is 105 cm³/mol. The number of amides is 2. The summed E-state index contributed by atoms with van der Waals surface area (Å²) >= 11 is 0. The minimum Gasteiger partial charge on any atom is -0.497 e. The smallest absolute Gasteiger partial charge is 0.341 e. The first-order valence-corrected chi connectivity index (χ1v) is 9.21. The van der Waals surface area contributed by atoms with E-state index in [1.165, 1.54) is 12.0 Å². The fourth-order valence-electron chi connectivity index (χ4n) is 3.44. The average molecular weight is 400 g/mol. The summed E-state index contributed by atoms with van der Waals surface area (Å²) in [7, 11) is 4.53. The molecule has 1 aromatic carbocycles. The normalized spacial score (nSPS) is 16.1. The highest BCUT2D eigenvalue weighted by Gasteiger charge is 2.36. The highest BCUT2D eigenvalue weighted by molar-refractivity contribution is 6.00. The number of methoxy groups -OCH3 is 2. The molecule has 2 aromatic rings. The van der Waals surface area contributed by atoms with Gasteiger partial charge in [-0.15, -0.1) is 0 Å². The van der Waals surface area contributed by atoms with Gasteiger partial charge in [0, 0.05) is 25.7 Å². The second-order valence-corrected chi connectivity index (χ2v) is 6.97. The first-order valence-electron chi connectivity index (χ1n) is 9.21. The van der Waals surface area contributed by atoms with Crippen molar-refractivity contribution in [3.63, 3.8) is 0 Å². The maximum absolute atomic E-state index is 12.8. The number of carbonyl (C=O) groups is 3. The van der Waals surface area contributed by atoms with E-state index in [4.69, 9.17) is 13.9 Å². The monoisotopic (exact) mass is 400 g/mol. The van der Waals surface area contributed by atoms with Crippen molar-refractivity contribution in [3.05, 3.63) is 47.4 Å². The molecule has 0 saturated carbocycles. The average Bonchev–Trinajstić information content (AvgIpc) is 3.29. The van der Waals surface area contributed by atoms with Crippen LogP contribution in [0.3, 0.4) is 0 Å². The third-order valence-electron chi connectivity index (χ3n) is 5.00. The molecule has 1 unspecified atom stereocenters. The lowest BCUT2D eigenvalue weighted by atomic mass is 10.1. The number of ether oxygens (including phenoxy) is 2. The van der Waals surface area contributed by atoms with E-state index in [0.717, 1.165) is 5.69 Å². The number of esters is 1. The van der Waals surface area contributed by atoms with Crippen LogP contribution in [0.4, 0.5) is 5.69 Å². The maximum atomic E-state index is 12.8. The molecule has 1 aromatic heterocycles. The molecule has 0 N–H and O–H groups in total. The van der Waals surface area contributed by atoms with Gasteiger partial charge in [-0.2, -0.15) is 0 Å². The Bertz CT molecular complexity index is 918. The SMILES string of the molecule is COC(=O)c1cc(CN(C)C(=O)C2CC(=O)N(c3ccc(OC)cc3)C2)oc1C. The lowest BCUT2D eigenvalue weighted by molar-refractivity contribution is -0.135. The molecule has 8 heteroatoms. The molecule has 8 nitrogen and oxygen atoms in total. The van der Waals surface area contributed by atoms with Crippen LogP contribution in [0, 0.1) is 12.8 Å². The molecule has 2 heterocycles. The molecule has 1 aliphatic rings. The van der Waals surface area contributed by atoms with Gasteiger partial charge in [0.25, 0.3) is 0 Å². The zero-order valence-electron chi connectivity index (χ0n) is 16.9. The van der Waals surface area contributed by atoms with Crippen molar-refractivity contribution in [1.29, 1.82) is 0 Å². The summed E-state index contributed by atoms with van der Waals surface area (Å²) in [6.45, 7) is 2.18. The van der Waals surface area contributed by atoms with Crippen molar-refractivity contribution >= 4 is 23.5 Å². The molecule has 0 aliphatic carbocycles. The largest absolute Gasteiger partial charge is 0.497 e. The van der Waals surface area contributed by atoms with E-state index in [2.05, 4.69) is 0 Å². The molecule has 3 rings (SSSR count). The molecule has 0 radical (unpaired) electrons. The molecule has 1 fully saturated rings. The first-order chi connectivity index (χ1) is 13.8. The summed E-state index contributed by atoms with van der Waals surface area (Å²) in [5, 5.41) is 0. The number of carbonyl (C=O) groups excluding carboxylic acids is 3. The van der Waals surface area contributed by atoms with Crippen LogP contribution in [-0.4, -0.2) is 50.5 Å². The summed E-state index contributed by atoms with van der Waals surface area (Å²) in [4.78, 5) is 40.1. The molecule has 29 heavy (non-hydrogen) atoms. The van der Waals surface area contributed by atoms with Crippen molar-refractivity contribution in [3.8, 4) is 5.75 Å². The fraction of sp³-hybridized carbons (Fsp3) is 0.381. The number of anilines is 1. The zero-order valence-corrected chi connectivity index (χ0v) is 16.9. The molecule has 1 aliphatic heterocycles.